The molecule has 1 heterocycles. The average molecular weight is 375 g/mol. The Bertz CT molecular complexity index is 478. The van der Waals surface area contributed by atoms with Crippen LogP contribution in [0.5, 0.6) is 0 Å². The van der Waals surface area contributed by atoms with Crippen molar-refractivity contribution in [1.29, 1.82) is 0 Å². The Kier molecular flexibility index (Phi) is 6.13. The number of aliphatic hydroxyl groups is 1. The van der Waals surface area contributed by atoms with Crippen LogP contribution < -0.4 is 0 Å². The summed E-state index contributed by atoms with van der Waals surface area (Å²) in [4.78, 5) is 2.48. The van der Waals surface area contributed by atoms with Gasteiger partial charge in [0, 0.05) is 16.0 Å². The van der Waals surface area contributed by atoms with Crippen molar-refractivity contribution in [2.24, 2.45) is 5.41 Å². The highest BCUT2D eigenvalue weighted by molar-refractivity contribution is 9.10. The van der Waals surface area contributed by atoms with E-state index < -0.39 is 6.10 Å². The standard InChI is InChI=1S/C17H25BrClNO/c1-17(2)7-3-9-20(11-8-17)10-6-16(21)14-5-4-13(18)12-15(14)19/h4-5,12,16,21H,3,6-11H2,1-2H3. The minimum Gasteiger partial charge on any atom is -0.388 e. The van der Waals surface area contributed by atoms with Gasteiger partial charge in [0.1, 0.15) is 0 Å². The molecule has 1 fully saturated rings. The summed E-state index contributed by atoms with van der Waals surface area (Å²) < 4.78 is 0.943. The second-order valence-electron chi connectivity index (χ2n) is 6.83. The smallest absolute Gasteiger partial charge is 0.0816 e. The Morgan fingerprint density at radius 3 is 2.81 bits per heavy atom. The molecule has 0 saturated carbocycles. The highest BCUT2D eigenvalue weighted by Gasteiger charge is 2.23. The third kappa shape index (κ3) is 5.24. The van der Waals surface area contributed by atoms with E-state index in [1.807, 2.05) is 18.2 Å². The highest BCUT2D eigenvalue weighted by Crippen LogP contribution is 2.31. The number of nitrogens with zero attached hydrogens (tertiary/aromatic N) is 1. The molecule has 21 heavy (non-hydrogen) atoms. The molecule has 4 heteroatoms. The SMILES string of the molecule is CC1(C)CCCN(CCC(O)c2ccc(Br)cc2Cl)CC1. The third-order valence-corrected chi connectivity index (χ3v) is 5.29. The molecule has 1 aliphatic heterocycles. The summed E-state index contributed by atoms with van der Waals surface area (Å²) in [6.07, 6.45) is 4.04. The van der Waals surface area contributed by atoms with Crippen LogP contribution in [0.4, 0.5) is 0 Å². The molecule has 1 aliphatic rings. The summed E-state index contributed by atoms with van der Waals surface area (Å²) in [5.74, 6) is 0. The van der Waals surface area contributed by atoms with Gasteiger partial charge in [-0.25, -0.2) is 0 Å². The lowest BCUT2D eigenvalue weighted by Crippen LogP contribution is -2.27. The summed E-state index contributed by atoms with van der Waals surface area (Å²) >= 11 is 9.60. The van der Waals surface area contributed by atoms with Crippen molar-refractivity contribution >= 4 is 27.5 Å². The molecule has 1 saturated heterocycles. The van der Waals surface area contributed by atoms with Crippen LogP contribution in [0.15, 0.2) is 22.7 Å². The van der Waals surface area contributed by atoms with Crippen LogP contribution in [0.1, 0.15) is 51.2 Å². The van der Waals surface area contributed by atoms with Gasteiger partial charge in [0.05, 0.1) is 6.10 Å². The zero-order valence-electron chi connectivity index (χ0n) is 12.9. The first-order valence-corrected chi connectivity index (χ1v) is 8.90. The predicted octanol–water partition coefficient (Wildman–Crippen LogP) is 5.04. The monoisotopic (exact) mass is 373 g/mol. The van der Waals surface area contributed by atoms with Gasteiger partial charge in [0.15, 0.2) is 0 Å². The molecule has 0 spiro atoms. The normalized spacial score (nSPS) is 21.0. The quantitative estimate of drug-likeness (QED) is 0.798. The summed E-state index contributed by atoms with van der Waals surface area (Å²) in [5.41, 5.74) is 1.29. The van der Waals surface area contributed by atoms with Crippen LogP contribution >= 0.6 is 27.5 Å². The molecular formula is C17H25BrClNO. The molecule has 1 unspecified atom stereocenters. The Morgan fingerprint density at radius 2 is 2.10 bits per heavy atom. The Balaban J connectivity index is 1.87. The number of aliphatic hydroxyl groups excluding tert-OH is 1. The van der Waals surface area contributed by atoms with Crippen LogP contribution in [-0.4, -0.2) is 29.6 Å². The van der Waals surface area contributed by atoms with Crippen molar-refractivity contribution < 1.29 is 5.11 Å². The fraction of sp³-hybridized carbons (Fsp3) is 0.647. The van der Waals surface area contributed by atoms with E-state index in [4.69, 9.17) is 11.6 Å². The number of likely N-dealkylation sites (tertiary alicyclic amines) is 1. The maximum absolute atomic E-state index is 10.4. The van der Waals surface area contributed by atoms with Gasteiger partial charge >= 0.3 is 0 Å². The average Bonchev–Trinajstić information content (AvgIpc) is 2.57. The largest absolute Gasteiger partial charge is 0.388 e. The Hall–Kier alpha value is -0.0900. The zero-order valence-corrected chi connectivity index (χ0v) is 15.3. The van der Waals surface area contributed by atoms with Crippen LogP contribution in [0.25, 0.3) is 0 Å². The van der Waals surface area contributed by atoms with E-state index in [1.54, 1.807) is 0 Å². The van der Waals surface area contributed by atoms with E-state index in [2.05, 4.69) is 34.7 Å². The fourth-order valence-electron chi connectivity index (χ4n) is 2.93. The number of hydrogen-bond acceptors (Lipinski definition) is 2. The molecule has 1 N–H and O–H groups in total. The number of halogens is 2. The molecule has 0 radical (unpaired) electrons. The van der Waals surface area contributed by atoms with Gasteiger partial charge in [0.2, 0.25) is 0 Å². The molecule has 118 valence electrons. The van der Waals surface area contributed by atoms with E-state index in [0.29, 0.717) is 10.4 Å². The summed E-state index contributed by atoms with van der Waals surface area (Å²) in [5, 5.41) is 11.0. The van der Waals surface area contributed by atoms with Crippen molar-refractivity contribution in [1.82, 2.24) is 4.90 Å². The molecule has 2 rings (SSSR count). The molecule has 0 amide bonds. The van der Waals surface area contributed by atoms with Gasteiger partial charge in [-0.2, -0.15) is 0 Å². The first-order chi connectivity index (χ1) is 9.87. The van der Waals surface area contributed by atoms with Crippen molar-refractivity contribution in [3.8, 4) is 0 Å². The topological polar surface area (TPSA) is 23.5 Å². The van der Waals surface area contributed by atoms with E-state index in [-0.39, 0.29) is 0 Å². The van der Waals surface area contributed by atoms with Crippen molar-refractivity contribution in [3.63, 3.8) is 0 Å². The molecule has 1 aromatic rings. The summed E-state index contributed by atoms with van der Waals surface area (Å²) in [7, 11) is 0. The first-order valence-electron chi connectivity index (χ1n) is 7.73. The maximum atomic E-state index is 10.4. The van der Waals surface area contributed by atoms with E-state index >= 15 is 0 Å². The summed E-state index contributed by atoms with van der Waals surface area (Å²) in [6, 6.07) is 5.68. The second kappa shape index (κ2) is 7.45. The lowest BCUT2D eigenvalue weighted by atomic mass is 9.85. The lowest BCUT2D eigenvalue weighted by molar-refractivity contribution is 0.142. The van der Waals surface area contributed by atoms with E-state index in [1.165, 1.54) is 19.3 Å². The van der Waals surface area contributed by atoms with Gasteiger partial charge in [-0.1, -0.05) is 47.4 Å². The zero-order chi connectivity index (χ0) is 15.5. The maximum Gasteiger partial charge on any atom is 0.0816 e. The van der Waals surface area contributed by atoms with Gasteiger partial charge in [0.25, 0.3) is 0 Å². The molecule has 1 atom stereocenters. The molecular weight excluding hydrogens is 350 g/mol. The fourth-order valence-corrected chi connectivity index (χ4v) is 3.73. The minimum absolute atomic E-state index is 0.461. The second-order valence-corrected chi connectivity index (χ2v) is 8.15. The van der Waals surface area contributed by atoms with Gasteiger partial charge in [-0.05, 0) is 61.9 Å². The van der Waals surface area contributed by atoms with Gasteiger partial charge in [-0.15, -0.1) is 0 Å². The highest BCUT2D eigenvalue weighted by atomic mass is 79.9. The molecule has 0 bridgehead atoms. The van der Waals surface area contributed by atoms with Crippen LogP contribution in [0, 0.1) is 5.41 Å². The van der Waals surface area contributed by atoms with Crippen molar-refractivity contribution in [2.75, 3.05) is 19.6 Å². The van der Waals surface area contributed by atoms with Crippen molar-refractivity contribution in [2.45, 2.75) is 45.6 Å². The Labute approximate surface area is 141 Å². The number of hydrogen-bond donors (Lipinski definition) is 1. The van der Waals surface area contributed by atoms with E-state index in [9.17, 15) is 5.11 Å². The first kappa shape index (κ1) is 17.3. The molecule has 0 aromatic heterocycles. The van der Waals surface area contributed by atoms with Crippen LogP contribution in [0.2, 0.25) is 5.02 Å². The third-order valence-electron chi connectivity index (χ3n) is 4.47. The van der Waals surface area contributed by atoms with Crippen molar-refractivity contribution in [3.05, 3.63) is 33.3 Å². The number of rotatable bonds is 4. The number of benzene rings is 1. The van der Waals surface area contributed by atoms with Gasteiger partial charge in [-0.3, -0.25) is 0 Å². The summed E-state index contributed by atoms with van der Waals surface area (Å²) in [6.45, 7) is 7.92. The minimum atomic E-state index is -0.484. The molecule has 0 aliphatic carbocycles. The molecule has 1 aromatic carbocycles. The predicted molar refractivity (Wildman–Crippen MR) is 92.8 cm³/mol. The van der Waals surface area contributed by atoms with Crippen LogP contribution in [-0.2, 0) is 0 Å². The lowest BCUT2D eigenvalue weighted by Gasteiger charge is -2.24. The van der Waals surface area contributed by atoms with Crippen LogP contribution in [0.3, 0.4) is 0 Å². The molecule has 2 nitrogen and oxygen atoms in total. The van der Waals surface area contributed by atoms with Gasteiger partial charge < -0.3 is 10.0 Å². The Morgan fingerprint density at radius 1 is 1.33 bits per heavy atom. The van der Waals surface area contributed by atoms with E-state index in [0.717, 1.165) is 36.1 Å².